The Hall–Kier alpha value is -4.27. The van der Waals surface area contributed by atoms with Crippen LogP contribution >= 0.6 is 0 Å². The van der Waals surface area contributed by atoms with Gasteiger partial charge in [-0.2, -0.15) is 0 Å². The van der Waals surface area contributed by atoms with Gasteiger partial charge in [0.05, 0.1) is 28.3 Å². The molecule has 1 aliphatic rings. The average Bonchev–Trinajstić information content (AvgIpc) is 3.43. The highest BCUT2D eigenvalue weighted by Crippen LogP contribution is 2.32. The van der Waals surface area contributed by atoms with Crippen LogP contribution in [0, 0.1) is 6.92 Å². The minimum Gasteiger partial charge on any atom is -0.463 e. The predicted molar refractivity (Wildman–Crippen MR) is 96.6 cm³/mol. The molecule has 2 amide bonds. The molecule has 1 aliphatic heterocycles. The molecule has 0 saturated carbocycles. The topological polar surface area (TPSA) is 116 Å². The first-order valence-electron chi connectivity index (χ1n) is 8.55. The molecular formula is C20H11N3O6. The number of hydrogen-bond donors (Lipinski definition) is 0. The number of imide groups is 1. The van der Waals surface area contributed by atoms with Crippen molar-refractivity contribution >= 4 is 28.9 Å². The molecule has 29 heavy (non-hydrogen) atoms. The fourth-order valence-corrected chi connectivity index (χ4v) is 3.20. The molecule has 5 rings (SSSR count). The molecule has 0 spiro atoms. The summed E-state index contributed by atoms with van der Waals surface area (Å²) < 4.78 is 10.6. The molecule has 0 aliphatic carbocycles. The van der Waals surface area contributed by atoms with Crippen molar-refractivity contribution in [3.63, 3.8) is 0 Å². The van der Waals surface area contributed by atoms with Crippen LogP contribution in [0.15, 0.2) is 57.7 Å². The van der Waals surface area contributed by atoms with E-state index < -0.39 is 17.8 Å². The molecule has 1 aromatic carbocycles. The van der Waals surface area contributed by atoms with Crippen molar-refractivity contribution in [1.29, 1.82) is 0 Å². The van der Waals surface area contributed by atoms with Gasteiger partial charge < -0.3 is 13.8 Å². The van der Waals surface area contributed by atoms with Crippen molar-refractivity contribution in [1.82, 2.24) is 15.2 Å². The largest absolute Gasteiger partial charge is 0.463 e. The van der Waals surface area contributed by atoms with Crippen LogP contribution < -0.4 is 0 Å². The maximum absolute atomic E-state index is 12.9. The zero-order chi connectivity index (χ0) is 20.1. The molecular weight excluding hydrogens is 378 g/mol. The Morgan fingerprint density at radius 1 is 1.07 bits per heavy atom. The van der Waals surface area contributed by atoms with Crippen molar-refractivity contribution in [2.75, 3.05) is 0 Å². The van der Waals surface area contributed by atoms with Gasteiger partial charge in [0.15, 0.2) is 11.5 Å². The fourth-order valence-electron chi connectivity index (χ4n) is 3.20. The van der Waals surface area contributed by atoms with E-state index in [-0.39, 0.29) is 33.5 Å². The first-order valence-corrected chi connectivity index (χ1v) is 8.55. The van der Waals surface area contributed by atoms with Crippen molar-refractivity contribution in [2.24, 2.45) is 0 Å². The van der Waals surface area contributed by atoms with Crippen LogP contribution in [-0.4, -0.2) is 33.0 Å². The lowest BCUT2D eigenvalue weighted by Gasteiger charge is -2.13. The van der Waals surface area contributed by atoms with E-state index in [1.54, 1.807) is 31.2 Å². The molecule has 142 valence electrons. The number of pyridine rings is 1. The first-order chi connectivity index (χ1) is 14.0. The van der Waals surface area contributed by atoms with Gasteiger partial charge in [0.25, 0.3) is 17.5 Å². The summed E-state index contributed by atoms with van der Waals surface area (Å²) in [6.45, 7) is 1.66. The van der Waals surface area contributed by atoms with Crippen molar-refractivity contribution < 1.29 is 28.2 Å². The van der Waals surface area contributed by atoms with Crippen LogP contribution in [0.5, 0.6) is 0 Å². The summed E-state index contributed by atoms with van der Waals surface area (Å²) in [6.07, 6.45) is 1.45. The molecule has 0 saturated heterocycles. The second-order valence-corrected chi connectivity index (χ2v) is 6.33. The summed E-state index contributed by atoms with van der Waals surface area (Å²) in [5, 5.41) is 4.64. The van der Waals surface area contributed by atoms with Crippen LogP contribution in [0.1, 0.15) is 36.8 Å². The molecule has 0 N–H and O–H groups in total. The van der Waals surface area contributed by atoms with Gasteiger partial charge in [-0.25, -0.2) is 9.78 Å². The quantitative estimate of drug-likeness (QED) is 0.491. The average molecular weight is 389 g/mol. The number of carbonyl (C=O) groups is 3. The van der Waals surface area contributed by atoms with Crippen LogP contribution in [0.2, 0.25) is 0 Å². The molecule has 0 radical (unpaired) electrons. The number of benzene rings is 1. The van der Waals surface area contributed by atoms with E-state index in [1.807, 2.05) is 0 Å². The minimum absolute atomic E-state index is 0.0386. The first kappa shape index (κ1) is 16.9. The molecule has 0 atom stereocenters. The van der Waals surface area contributed by atoms with Crippen molar-refractivity contribution in [3.05, 3.63) is 71.1 Å². The van der Waals surface area contributed by atoms with Gasteiger partial charge >= 0.3 is 5.97 Å². The van der Waals surface area contributed by atoms with E-state index in [2.05, 4.69) is 10.1 Å². The summed E-state index contributed by atoms with van der Waals surface area (Å²) in [7, 11) is 0. The molecule has 3 aromatic heterocycles. The number of aromatic nitrogens is 2. The summed E-state index contributed by atoms with van der Waals surface area (Å²) >= 11 is 0. The van der Waals surface area contributed by atoms with Gasteiger partial charge in [0, 0.05) is 5.69 Å². The Labute approximate surface area is 162 Å². The van der Waals surface area contributed by atoms with Crippen LogP contribution in [0.4, 0.5) is 0 Å². The van der Waals surface area contributed by atoms with E-state index >= 15 is 0 Å². The third kappa shape index (κ3) is 2.52. The summed E-state index contributed by atoms with van der Waals surface area (Å²) in [6, 6.07) is 11.0. The van der Waals surface area contributed by atoms with Gasteiger partial charge in [-0.3, -0.25) is 9.59 Å². The number of hydroxylamine groups is 2. The van der Waals surface area contributed by atoms with Gasteiger partial charge in [0.2, 0.25) is 0 Å². The monoisotopic (exact) mass is 389 g/mol. The maximum Gasteiger partial charge on any atom is 0.364 e. The number of rotatable bonds is 3. The lowest BCUT2D eigenvalue weighted by atomic mass is 10.1. The number of hydrogen-bond acceptors (Lipinski definition) is 8. The maximum atomic E-state index is 12.9. The summed E-state index contributed by atoms with van der Waals surface area (Å²) in [5.74, 6) is -1.98. The Morgan fingerprint density at radius 3 is 2.45 bits per heavy atom. The standard InChI is InChI=1S/C20H11N3O6/c1-10-9-13(15-16(14-7-4-8-27-14)22-28-17(15)21-10)20(26)29-23-18(24)11-5-2-3-6-12(11)19(23)25/h2-9H,1H3. The predicted octanol–water partition coefficient (Wildman–Crippen LogP) is 3.16. The zero-order valence-corrected chi connectivity index (χ0v) is 14.9. The Bertz CT molecular complexity index is 1270. The minimum atomic E-state index is -0.925. The fraction of sp³-hybridized carbons (Fsp3) is 0.0500. The van der Waals surface area contributed by atoms with E-state index in [9.17, 15) is 14.4 Å². The highest BCUT2D eigenvalue weighted by molar-refractivity contribution is 6.21. The van der Waals surface area contributed by atoms with Crippen molar-refractivity contribution in [2.45, 2.75) is 6.92 Å². The van der Waals surface area contributed by atoms with Crippen LogP contribution in [-0.2, 0) is 4.84 Å². The zero-order valence-electron chi connectivity index (χ0n) is 14.9. The highest BCUT2D eigenvalue weighted by Gasteiger charge is 2.39. The number of fused-ring (bicyclic) bond motifs is 2. The Balaban J connectivity index is 1.56. The molecule has 0 fully saturated rings. The summed E-state index contributed by atoms with van der Waals surface area (Å²) in [4.78, 5) is 47.3. The second kappa shape index (κ2) is 6.13. The van der Waals surface area contributed by atoms with E-state index in [0.29, 0.717) is 16.5 Å². The van der Waals surface area contributed by atoms with E-state index in [1.165, 1.54) is 24.5 Å². The second-order valence-electron chi connectivity index (χ2n) is 6.33. The van der Waals surface area contributed by atoms with Gasteiger partial charge in [-0.1, -0.05) is 22.4 Å². The van der Waals surface area contributed by atoms with E-state index in [4.69, 9.17) is 13.8 Å². The summed E-state index contributed by atoms with van der Waals surface area (Å²) in [5.41, 5.74) is 1.20. The molecule has 9 heteroatoms. The van der Waals surface area contributed by atoms with Gasteiger partial charge in [-0.05, 0) is 37.3 Å². The molecule has 0 unspecified atom stereocenters. The molecule has 4 heterocycles. The Kier molecular flexibility index (Phi) is 3.56. The number of aryl methyl sites for hydroxylation is 1. The third-order valence-corrected chi connectivity index (χ3v) is 4.48. The van der Waals surface area contributed by atoms with Crippen molar-refractivity contribution in [3.8, 4) is 11.5 Å². The lowest BCUT2D eigenvalue weighted by molar-refractivity contribution is -0.0583. The number of nitrogens with zero attached hydrogens (tertiary/aromatic N) is 3. The van der Waals surface area contributed by atoms with Gasteiger partial charge in [-0.15, -0.1) is 0 Å². The normalized spacial score (nSPS) is 13.2. The molecule has 4 aromatic rings. The smallest absolute Gasteiger partial charge is 0.364 e. The lowest BCUT2D eigenvalue weighted by Crippen LogP contribution is -2.32. The number of carbonyl (C=O) groups excluding carboxylic acids is 3. The number of amides is 2. The van der Waals surface area contributed by atoms with Crippen LogP contribution in [0.3, 0.4) is 0 Å². The molecule has 9 nitrogen and oxygen atoms in total. The van der Waals surface area contributed by atoms with Gasteiger partial charge in [0.1, 0.15) is 0 Å². The van der Waals surface area contributed by atoms with E-state index in [0.717, 1.165) is 0 Å². The van der Waals surface area contributed by atoms with Crippen LogP contribution in [0.25, 0.3) is 22.6 Å². The highest BCUT2D eigenvalue weighted by atomic mass is 16.7. The molecule has 0 bridgehead atoms. The Morgan fingerprint density at radius 2 is 1.79 bits per heavy atom. The third-order valence-electron chi connectivity index (χ3n) is 4.48. The SMILES string of the molecule is Cc1cc(C(=O)ON2C(=O)c3ccccc3C2=O)c2c(-c3ccco3)noc2n1. The number of furan rings is 1.